The average Bonchev–Trinajstić information content (AvgIpc) is 3.02. The van der Waals surface area contributed by atoms with Crippen LogP contribution in [0.25, 0.3) is 0 Å². The maximum Gasteiger partial charge on any atom is 0.292 e. The molecule has 114 valence electrons. The molecular weight excluding hydrogens is 280 g/mol. The van der Waals surface area contributed by atoms with Gasteiger partial charge < -0.3 is 10.1 Å². The summed E-state index contributed by atoms with van der Waals surface area (Å²) in [6.07, 6.45) is 1.00. The summed E-state index contributed by atoms with van der Waals surface area (Å²) in [5, 5.41) is 14.3. The maximum absolute atomic E-state index is 11.0. The second kappa shape index (κ2) is 6.58. The number of nitrogens with one attached hydrogen (secondary N) is 1. The van der Waals surface area contributed by atoms with Crippen LogP contribution in [0.15, 0.2) is 54.6 Å². The number of para-hydroxylation sites is 2. The van der Waals surface area contributed by atoms with Crippen molar-refractivity contribution in [1.82, 2.24) is 0 Å². The fourth-order valence-corrected chi connectivity index (χ4v) is 2.88. The fourth-order valence-electron chi connectivity index (χ4n) is 2.88. The van der Waals surface area contributed by atoms with Crippen LogP contribution in [0.4, 0.5) is 11.4 Å². The monoisotopic (exact) mass is 298 g/mol. The predicted molar refractivity (Wildman–Crippen MR) is 84.8 cm³/mol. The lowest BCUT2D eigenvalue weighted by atomic mass is 9.95. The van der Waals surface area contributed by atoms with E-state index in [0.29, 0.717) is 18.2 Å². The summed E-state index contributed by atoms with van der Waals surface area (Å²) in [5.74, 6) is 0.308. The van der Waals surface area contributed by atoms with Gasteiger partial charge in [0.05, 0.1) is 11.0 Å². The number of hydrogen-bond acceptors (Lipinski definition) is 4. The smallest absolute Gasteiger partial charge is 0.292 e. The van der Waals surface area contributed by atoms with Crippen LogP contribution >= 0.6 is 0 Å². The van der Waals surface area contributed by atoms with Gasteiger partial charge in [-0.1, -0.05) is 42.5 Å². The molecule has 1 heterocycles. The number of rotatable bonds is 5. The van der Waals surface area contributed by atoms with Crippen molar-refractivity contribution in [3.8, 4) is 0 Å². The fraction of sp³-hybridized carbons (Fsp3) is 0.294. The molecule has 1 aliphatic heterocycles. The lowest BCUT2D eigenvalue weighted by Crippen LogP contribution is -2.18. The first-order valence-corrected chi connectivity index (χ1v) is 7.39. The van der Waals surface area contributed by atoms with E-state index in [9.17, 15) is 10.1 Å². The van der Waals surface area contributed by atoms with Gasteiger partial charge >= 0.3 is 0 Å². The van der Waals surface area contributed by atoms with Crippen LogP contribution in [0, 0.1) is 16.0 Å². The zero-order valence-corrected chi connectivity index (χ0v) is 12.1. The Kier molecular flexibility index (Phi) is 4.34. The first-order chi connectivity index (χ1) is 10.8. The molecule has 1 fully saturated rings. The van der Waals surface area contributed by atoms with Crippen molar-refractivity contribution in [2.24, 2.45) is 5.92 Å². The van der Waals surface area contributed by atoms with Gasteiger partial charge in [-0.05, 0) is 18.1 Å². The topological polar surface area (TPSA) is 64.4 Å². The maximum atomic E-state index is 11.0. The average molecular weight is 298 g/mol. The van der Waals surface area contributed by atoms with E-state index in [1.54, 1.807) is 18.2 Å². The molecule has 2 atom stereocenters. The molecule has 0 aromatic heterocycles. The number of benzene rings is 2. The van der Waals surface area contributed by atoms with Gasteiger partial charge in [0.15, 0.2) is 0 Å². The van der Waals surface area contributed by atoms with Crippen molar-refractivity contribution in [1.29, 1.82) is 0 Å². The minimum atomic E-state index is -0.359. The Labute approximate surface area is 129 Å². The minimum Gasteiger partial charge on any atom is -0.379 e. The van der Waals surface area contributed by atoms with Crippen LogP contribution < -0.4 is 5.32 Å². The summed E-state index contributed by atoms with van der Waals surface area (Å²) in [5.41, 5.74) is 1.83. The van der Waals surface area contributed by atoms with Crippen LogP contribution in [0.3, 0.4) is 0 Å². The SMILES string of the molecule is O=[N+]([O-])c1ccccc1NCC1CCOC1c1ccccc1. The molecular formula is C17H18N2O3. The number of anilines is 1. The molecule has 2 unspecified atom stereocenters. The normalized spacial score (nSPS) is 20.7. The Morgan fingerprint density at radius 1 is 1.14 bits per heavy atom. The molecule has 22 heavy (non-hydrogen) atoms. The predicted octanol–water partition coefficient (Wildman–Crippen LogP) is 3.78. The number of hydrogen-bond donors (Lipinski definition) is 1. The quantitative estimate of drug-likeness (QED) is 0.674. The number of nitro benzene ring substituents is 1. The minimum absolute atomic E-state index is 0.0523. The molecule has 5 nitrogen and oxygen atoms in total. The zero-order valence-electron chi connectivity index (χ0n) is 12.1. The third-order valence-electron chi connectivity index (χ3n) is 4.00. The molecule has 0 amide bonds. The van der Waals surface area contributed by atoms with Crippen molar-refractivity contribution in [3.63, 3.8) is 0 Å². The van der Waals surface area contributed by atoms with Crippen molar-refractivity contribution >= 4 is 11.4 Å². The molecule has 2 aromatic carbocycles. The molecule has 0 aliphatic carbocycles. The molecule has 3 rings (SSSR count). The summed E-state index contributed by atoms with van der Waals surface area (Å²) in [7, 11) is 0. The molecule has 0 saturated carbocycles. The summed E-state index contributed by atoms with van der Waals surface area (Å²) in [6, 6.07) is 16.9. The molecule has 0 spiro atoms. The van der Waals surface area contributed by atoms with Crippen molar-refractivity contribution < 1.29 is 9.66 Å². The van der Waals surface area contributed by atoms with Gasteiger partial charge in [-0.15, -0.1) is 0 Å². The standard InChI is InChI=1S/C17H18N2O3/c20-19(21)16-9-5-4-8-15(16)18-12-14-10-11-22-17(14)13-6-2-1-3-7-13/h1-9,14,17-18H,10-12H2. The van der Waals surface area contributed by atoms with Crippen LogP contribution in [-0.4, -0.2) is 18.1 Å². The largest absolute Gasteiger partial charge is 0.379 e. The van der Waals surface area contributed by atoms with Gasteiger partial charge in [0, 0.05) is 25.1 Å². The van der Waals surface area contributed by atoms with E-state index in [1.165, 1.54) is 6.07 Å². The Bertz CT molecular complexity index is 645. The van der Waals surface area contributed by atoms with E-state index >= 15 is 0 Å². The highest BCUT2D eigenvalue weighted by Gasteiger charge is 2.29. The van der Waals surface area contributed by atoms with E-state index in [4.69, 9.17) is 4.74 Å². The third-order valence-corrected chi connectivity index (χ3v) is 4.00. The highest BCUT2D eigenvalue weighted by atomic mass is 16.6. The Balaban J connectivity index is 1.70. The van der Waals surface area contributed by atoms with Gasteiger partial charge in [0.25, 0.3) is 5.69 Å². The van der Waals surface area contributed by atoms with Crippen molar-refractivity contribution in [3.05, 3.63) is 70.3 Å². The molecule has 2 aromatic rings. The molecule has 1 saturated heterocycles. The van der Waals surface area contributed by atoms with E-state index in [0.717, 1.165) is 18.6 Å². The molecule has 1 N–H and O–H groups in total. The molecule has 0 bridgehead atoms. The molecule has 1 aliphatic rings. The van der Waals surface area contributed by atoms with Crippen molar-refractivity contribution in [2.45, 2.75) is 12.5 Å². The Morgan fingerprint density at radius 2 is 1.86 bits per heavy atom. The summed E-state index contributed by atoms with van der Waals surface area (Å²) < 4.78 is 5.84. The summed E-state index contributed by atoms with van der Waals surface area (Å²) in [4.78, 5) is 10.7. The van der Waals surface area contributed by atoms with E-state index in [2.05, 4.69) is 17.4 Å². The molecule has 0 radical (unpaired) electrons. The van der Waals surface area contributed by atoms with Gasteiger partial charge in [-0.3, -0.25) is 10.1 Å². The van der Waals surface area contributed by atoms with Gasteiger partial charge in [0.1, 0.15) is 5.69 Å². The van der Waals surface area contributed by atoms with Crippen LogP contribution in [-0.2, 0) is 4.74 Å². The summed E-state index contributed by atoms with van der Waals surface area (Å²) >= 11 is 0. The van der Waals surface area contributed by atoms with Crippen LogP contribution in [0.2, 0.25) is 0 Å². The third kappa shape index (κ3) is 3.09. The Morgan fingerprint density at radius 3 is 2.64 bits per heavy atom. The lowest BCUT2D eigenvalue weighted by Gasteiger charge is -2.19. The summed E-state index contributed by atoms with van der Waals surface area (Å²) in [6.45, 7) is 1.38. The highest BCUT2D eigenvalue weighted by Crippen LogP contribution is 2.35. The van der Waals surface area contributed by atoms with E-state index < -0.39 is 0 Å². The lowest BCUT2D eigenvalue weighted by molar-refractivity contribution is -0.384. The second-order valence-corrected chi connectivity index (χ2v) is 5.41. The van der Waals surface area contributed by atoms with Gasteiger partial charge in [-0.2, -0.15) is 0 Å². The first-order valence-electron chi connectivity index (χ1n) is 7.39. The van der Waals surface area contributed by atoms with E-state index in [-0.39, 0.29) is 16.7 Å². The van der Waals surface area contributed by atoms with Crippen molar-refractivity contribution in [2.75, 3.05) is 18.5 Å². The van der Waals surface area contributed by atoms with Crippen LogP contribution in [0.1, 0.15) is 18.1 Å². The Hall–Kier alpha value is -2.40. The first kappa shape index (κ1) is 14.5. The van der Waals surface area contributed by atoms with Gasteiger partial charge in [-0.25, -0.2) is 0 Å². The van der Waals surface area contributed by atoms with Crippen LogP contribution in [0.5, 0.6) is 0 Å². The molecule has 5 heteroatoms. The second-order valence-electron chi connectivity index (χ2n) is 5.41. The number of ether oxygens (including phenoxy) is 1. The van der Waals surface area contributed by atoms with E-state index in [1.807, 2.05) is 18.2 Å². The number of nitro groups is 1. The van der Waals surface area contributed by atoms with Gasteiger partial charge in [0.2, 0.25) is 0 Å². The zero-order chi connectivity index (χ0) is 15.4. The number of nitrogens with zero attached hydrogens (tertiary/aromatic N) is 1. The highest BCUT2D eigenvalue weighted by molar-refractivity contribution is 5.61.